The molecule has 2 rings (SSSR count). The molecule has 0 spiro atoms. The van der Waals surface area contributed by atoms with Crippen molar-refractivity contribution in [3.8, 4) is 0 Å². The van der Waals surface area contributed by atoms with Crippen molar-refractivity contribution in [2.45, 2.75) is 12.2 Å². The van der Waals surface area contributed by atoms with Crippen LogP contribution in [0.1, 0.15) is 11.7 Å². The molecule has 1 aliphatic heterocycles. The molecular formula is C13H16LiNO4. The summed E-state index contributed by atoms with van der Waals surface area (Å²) in [5.74, 6) is -1.23. The zero-order chi connectivity index (χ0) is 13.1. The molecule has 1 saturated heterocycles. The van der Waals surface area contributed by atoms with Gasteiger partial charge in [0.15, 0.2) is 0 Å². The van der Waals surface area contributed by atoms with Crippen molar-refractivity contribution in [1.29, 1.82) is 0 Å². The summed E-state index contributed by atoms with van der Waals surface area (Å²) in [7, 11) is 3.05. The number of methoxy groups -OCH3 is 2. The zero-order valence-electron chi connectivity index (χ0n) is 11.5. The molecule has 1 unspecified atom stereocenters. The summed E-state index contributed by atoms with van der Waals surface area (Å²) in [4.78, 5) is 13.0. The van der Waals surface area contributed by atoms with Gasteiger partial charge in [-0.3, -0.25) is 0 Å². The fourth-order valence-corrected chi connectivity index (χ4v) is 2.05. The Morgan fingerprint density at radius 2 is 2.11 bits per heavy atom. The number of carboxylic acids is 1. The van der Waals surface area contributed by atoms with E-state index in [1.165, 1.54) is 7.11 Å². The van der Waals surface area contributed by atoms with E-state index in [1.807, 2.05) is 18.2 Å². The number of benzene rings is 1. The zero-order valence-corrected chi connectivity index (χ0v) is 11.5. The van der Waals surface area contributed by atoms with Crippen LogP contribution in [0.15, 0.2) is 24.3 Å². The molecule has 1 aromatic rings. The first-order chi connectivity index (χ1) is 8.65. The second kappa shape index (κ2) is 6.97. The Balaban J connectivity index is 0.00000180. The van der Waals surface area contributed by atoms with Gasteiger partial charge in [-0.15, -0.1) is 0 Å². The van der Waals surface area contributed by atoms with Gasteiger partial charge in [0.1, 0.15) is 6.10 Å². The smallest absolute Gasteiger partial charge is 0.547 e. The third kappa shape index (κ3) is 3.52. The van der Waals surface area contributed by atoms with Crippen molar-refractivity contribution in [2.24, 2.45) is 0 Å². The van der Waals surface area contributed by atoms with Crippen LogP contribution >= 0.6 is 0 Å². The predicted octanol–water partition coefficient (Wildman–Crippen LogP) is -3.04. The number of carbonyl (C=O) groups excluding carboxylic acids is 1. The Morgan fingerprint density at radius 1 is 1.42 bits per heavy atom. The summed E-state index contributed by atoms with van der Waals surface area (Å²) in [6.45, 7) is 1.64. The van der Waals surface area contributed by atoms with Gasteiger partial charge in [-0.2, -0.15) is 0 Å². The Morgan fingerprint density at radius 3 is 2.63 bits per heavy atom. The maximum atomic E-state index is 10.9. The normalized spacial score (nSPS) is 16.4. The number of aliphatic carboxylic acids is 1. The number of ether oxygens (including phenoxy) is 2. The van der Waals surface area contributed by atoms with Crippen LogP contribution in [0.3, 0.4) is 0 Å². The van der Waals surface area contributed by atoms with E-state index in [0.29, 0.717) is 5.56 Å². The Hall–Kier alpha value is -0.993. The Bertz CT molecular complexity index is 434. The molecule has 98 valence electrons. The molecule has 0 aliphatic carbocycles. The standard InChI is InChI=1S/C13H17NO4.Li/c1-17-11-7-14(8-11)10-5-3-4-9(6-10)12(18-2)13(15)16;/h3-6,11-12H,7-8H2,1-2H3,(H,15,16);/q;+1/p-1. The predicted molar refractivity (Wildman–Crippen MR) is 64.2 cm³/mol. The molecule has 0 radical (unpaired) electrons. The second-order valence-electron chi connectivity index (χ2n) is 4.29. The van der Waals surface area contributed by atoms with Gasteiger partial charge < -0.3 is 24.3 Å². The minimum absolute atomic E-state index is 0. The van der Waals surface area contributed by atoms with Crippen molar-refractivity contribution in [1.82, 2.24) is 0 Å². The molecule has 1 aliphatic rings. The first-order valence-corrected chi connectivity index (χ1v) is 5.77. The van der Waals surface area contributed by atoms with Crippen LogP contribution in [0.2, 0.25) is 0 Å². The van der Waals surface area contributed by atoms with Crippen molar-refractivity contribution in [3.05, 3.63) is 29.8 Å². The van der Waals surface area contributed by atoms with Crippen molar-refractivity contribution < 1.29 is 38.2 Å². The van der Waals surface area contributed by atoms with Gasteiger partial charge in [0.2, 0.25) is 0 Å². The SMILES string of the molecule is COC1CN(c2cccc(C(OC)C(=O)[O-])c2)C1.[Li+]. The summed E-state index contributed by atoms with van der Waals surface area (Å²) in [5.41, 5.74) is 1.57. The van der Waals surface area contributed by atoms with Gasteiger partial charge in [-0.1, -0.05) is 12.1 Å². The van der Waals surface area contributed by atoms with Gasteiger partial charge in [0.25, 0.3) is 0 Å². The topological polar surface area (TPSA) is 61.8 Å². The molecule has 0 bridgehead atoms. The fourth-order valence-electron chi connectivity index (χ4n) is 2.05. The van der Waals surface area contributed by atoms with E-state index < -0.39 is 12.1 Å². The number of carbonyl (C=O) groups is 1. The van der Waals surface area contributed by atoms with E-state index in [4.69, 9.17) is 9.47 Å². The molecule has 1 aromatic carbocycles. The molecule has 0 saturated carbocycles. The van der Waals surface area contributed by atoms with Crippen LogP contribution < -0.4 is 28.9 Å². The summed E-state index contributed by atoms with van der Waals surface area (Å²) in [6, 6.07) is 7.30. The van der Waals surface area contributed by atoms with Crippen LogP contribution in [-0.4, -0.2) is 39.4 Å². The third-order valence-electron chi connectivity index (χ3n) is 3.17. The maximum absolute atomic E-state index is 10.9. The molecule has 19 heavy (non-hydrogen) atoms. The first-order valence-electron chi connectivity index (χ1n) is 5.77. The largest absolute Gasteiger partial charge is 1.00 e. The molecule has 0 N–H and O–H groups in total. The molecule has 1 heterocycles. The molecule has 1 atom stereocenters. The number of hydrogen-bond donors (Lipinski definition) is 0. The Labute approximate surface area is 124 Å². The van der Waals surface area contributed by atoms with E-state index in [1.54, 1.807) is 13.2 Å². The summed E-state index contributed by atoms with van der Waals surface area (Å²) in [5, 5.41) is 10.9. The second-order valence-corrected chi connectivity index (χ2v) is 4.29. The molecule has 6 heteroatoms. The average Bonchev–Trinajstić information content (AvgIpc) is 2.28. The summed E-state index contributed by atoms with van der Waals surface area (Å²) < 4.78 is 10.1. The number of carboxylic acid groups (broad SMARTS) is 1. The number of anilines is 1. The van der Waals surface area contributed by atoms with Gasteiger partial charge in [0.05, 0.1) is 12.1 Å². The van der Waals surface area contributed by atoms with E-state index in [-0.39, 0.29) is 25.0 Å². The average molecular weight is 257 g/mol. The molecule has 1 fully saturated rings. The van der Waals surface area contributed by atoms with E-state index >= 15 is 0 Å². The first kappa shape index (κ1) is 16.1. The third-order valence-corrected chi connectivity index (χ3v) is 3.17. The Kier molecular flexibility index (Phi) is 5.89. The van der Waals surface area contributed by atoms with E-state index in [2.05, 4.69) is 4.90 Å². The van der Waals surface area contributed by atoms with Crippen molar-refractivity contribution in [2.75, 3.05) is 32.2 Å². The number of rotatable bonds is 5. The minimum atomic E-state index is -1.23. The maximum Gasteiger partial charge on any atom is 1.00 e. The molecular weight excluding hydrogens is 241 g/mol. The van der Waals surface area contributed by atoms with Crippen LogP contribution in [0.5, 0.6) is 0 Å². The van der Waals surface area contributed by atoms with Crippen LogP contribution in [0.25, 0.3) is 0 Å². The van der Waals surface area contributed by atoms with Crippen LogP contribution in [-0.2, 0) is 14.3 Å². The molecule has 5 nitrogen and oxygen atoms in total. The summed E-state index contributed by atoms with van der Waals surface area (Å²) >= 11 is 0. The van der Waals surface area contributed by atoms with Gasteiger partial charge >= 0.3 is 18.9 Å². The van der Waals surface area contributed by atoms with E-state index in [9.17, 15) is 9.90 Å². The van der Waals surface area contributed by atoms with Crippen LogP contribution in [0, 0.1) is 0 Å². The minimum Gasteiger partial charge on any atom is -0.547 e. The van der Waals surface area contributed by atoms with Gasteiger partial charge in [0, 0.05) is 33.0 Å². The number of hydrogen-bond acceptors (Lipinski definition) is 5. The van der Waals surface area contributed by atoms with Gasteiger partial charge in [-0.25, -0.2) is 0 Å². The molecule has 0 amide bonds. The quantitative estimate of drug-likeness (QED) is 0.525. The van der Waals surface area contributed by atoms with Gasteiger partial charge in [-0.05, 0) is 17.7 Å². The monoisotopic (exact) mass is 257 g/mol. The number of nitrogens with zero attached hydrogens (tertiary/aromatic N) is 1. The summed E-state index contributed by atoms with van der Waals surface area (Å²) in [6.07, 6.45) is -0.766. The van der Waals surface area contributed by atoms with Crippen molar-refractivity contribution >= 4 is 11.7 Å². The van der Waals surface area contributed by atoms with Crippen LogP contribution in [0.4, 0.5) is 5.69 Å². The van der Waals surface area contributed by atoms with E-state index in [0.717, 1.165) is 18.8 Å². The fraction of sp³-hybridized carbons (Fsp3) is 0.462. The van der Waals surface area contributed by atoms with Crippen molar-refractivity contribution in [3.63, 3.8) is 0 Å². The molecule has 0 aromatic heterocycles.